The van der Waals surface area contributed by atoms with Crippen molar-refractivity contribution in [1.82, 2.24) is 24.1 Å². The smallest absolute Gasteiger partial charge is 0.238 e. The molecular weight excluding hydrogens is 683 g/mol. The highest BCUT2D eigenvalue weighted by atomic mass is 15.2. The summed E-state index contributed by atoms with van der Waals surface area (Å²) in [6.45, 7) is 0. The highest BCUT2D eigenvalue weighted by Gasteiger charge is 2.22. The van der Waals surface area contributed by atoms with Crippen LogP contribution in [-0.4, -0.2) is 24.1 Å². The lowest BCUT2D eigenvalue weighted by Crippen LogP contribution is -2.06. The number of rotatable bonds is 5. The molecule has 12 rings (SSSR count). The molecule has 0 aliphatic rings. The van der Waals surface area contributed by atoms with Crippen molar-refractivity contribution in [2.75, 3.05) is 0 Å². The Morgan fingerprint density at radius 3 is 1.73 bits per heavy atom. The van der Waals surface area contributed by atoms with Crippen LogP contribution in [0.5, 0.6) is 0 Å². The number of hydrogen-bond acceptors (Lipinski definition) is 3. The topological polar surface area (TPSA) is 48.5 Å². The van der Waals surface area contributed by atoms with Crippen molar-refractivity contribution in [1.29, 1.82) is 0 Å². The summed E-state index contributed by atoms with van der Waals surface area (Å²) in [4.78, 5) is 15.2. The predicted molar refractivity (Wildman–Crippen MR) is 231 cm³/mol. The van der Waals surface area contributed by atoms with E-state index in [0.29, 0.717) is 17.6 Å². The fraction of sp³-hybridized carbons (Fsp3) is 0. The second-order valence-corrected chi connectivity index (χ2v) is 14.4. The summed E-state index contributed by atoms with van der Waals surface area (Å²) in [6, 6.07) is 66.8. The molecule has 0 saturated carbocycles. The molecule has 0 atom stereocenters. The lowest BCUT2D eigenvalue weighted by atomic mass is 9.94. The summed E-state index contributed by atoms with van der Waals surface area (Å²) in [5.74, 6) is 1.86. The maximum Gasteiger partial charge on any atom is 0.238 e. The van der Waals surface area contributed by atoms with Crippen LogP contribution in [0, 0.1) is 0 Å². The third-order valence-electron chi connectivity index (χ3n) is 11.3. The van der Waals surface area contributed by atoms with E-state index in [2.05, 4.69) is 137 Å². The van der Waals surface area contributed by atoms with Crippen molar-refractivity contribution < 1.29 is 0 Å². The van der Waals surface area contributed by atoms with Crippen LogP contribution in [0.4, 0.5) is 0 Å². The van der Waals surface area contributed by atoms with Gasteiger partial charge in [-0.2, -0.15) is 9.97 Å². The molecule has 3 aromatic heterocycles. The Balaban J connectivity index is 1.09. The van der Waals surface area contributed by atoms with Gasteiger partial charge in [0.2, 0.25) is 5.95 Å². The maximum atomic E-state index is 5.12. The molecule has 0 radical (unpaired) electrons. The van der Waals surface area contributed by atoms with Crippen LogP contribution in [0.2, 0.25) is 0 Å². The van der Waals surface area contributed by atoms with Gasteiger partial charge >= 0.3 is 0 Å². The molecule has 0 fully saturated rings. The van der Waals surface area contributed by atoms with E-state index in [1.165, 1.54) is 54.6 Å². The highest BCUT2D eigenvalue weighted by molar-refractivity contribution is 6.27. The number of hydrogen-bond donors (Lipinski definition) is 0. The molecule has 5 nitrogen and oxygen atoms in total. The average molecular weight is 714 g/mol. The first kappa shape index (κ1) is 30.8. The molecular formula is C51H31N5. The summed E-state index contributed by atoms with van der Waals surface area (Å²) in [5.41, 5.74) is 9.97. The van der Waals surface area contributed by atoms with Crippen molar-refractivity contribution in [3.8, 4) is 45.5 Å². The minimum Gasteiger partial charge on any atom is -0.309 e. The van der Waals surface area contributed by atoms with E-state index in [1.54, 1.807) is 0 Å². The maximum absolute atomic E-state index is 5.12. The molecule has 0 spiro atoms. The highest BCUT2D eigenvalue weighted by Crippen LogP contribution is 2.44. The van der Waals surface area contributed by atoms with E-state index in [1.807, 2.05) is 60.7 Å². The van der Waals surface area contributed by atoms with Gasteiger partial charge in [0.25, 0.3) is 0 Å². The molecule has 3 heterocycles. The van der Waals surface area contributed by atoms with E-state index in [0.717, 1.165) is 38.5 Å². The molecule has 0 N–H and O–H groups in total. The third kappa shape index (κ3) is 4.52. The molecule has 9 aromatic carbocycles. The lowest BCUT2D eigenvalue weighted by Gasteiger charge is -2.13. The van der Waals surface area contributed by atoms with E-state index in [4.69, 9.17) is 15.0 Å². The van der Waals surface area contributed by atoms with Gasteiger partial charge in [0.1, 0.15) is 0 Å². The van der Waals surface area contributed by atoms with E-state index in [9.17, 15) is 0 Å². The molecule has 0 aliphatic carbocycles. The Bertz CT molecular complexity index is 3410. The first-order valence-electron chi connectivity index (χ1n) is 19.0. The summed E-state index contributed by atoms with van der Waals surface area (Å²) in [5, 5.41) is 9.84. The Morgan fingerprint density at radius 2 is 0.929 bits per heavy atom. The quantitative estimate of drug-likeness (QED) is 0.167. The minimum absolute atomic E-state index is 0.588. The molecule has 0 saturated heterocycles. The molecule has 12 aromatic rings. The zero-order valence-electron chi connectivity index (χ0n) is 30.1. The Kier molecular flexibility index (Phi) is 6.56. The Morgan fingerprint density at radius 1 is 0.321 bits per heavy atom. The monoisotopic (exact) mass is 713 g/mol. The zero-order valence-corrected chi connectivity index (χ0v) is 30.1. The number of fused-ring (bicyclic) bond motifs is 4. The van der Waals surface area contributed by atoms with Gasteiger partial charge in [-0.25, -0.2) is 4.98 Å². The summed E-state index contributed by atoms with van der Waals surface area (Å²) >= 11 is 0. The Hall–Kier alpha value is -7.63. The number of nitrogens with zero attached hydrogens (tertiary/aromatic N) is 5. The fourth-order valence-electron chi connectivity index (χ4n) is 8.86. The van der Waals surface area contributed by atoms with Crippen molar-refractivity contribution in [3.63, 3.8) is 0 Å². The van der Waals surface area contributed by atoms with E-state index >= 15 is 0 Å². The van der Waals surface area contributed by atoms with E-state index < -0.39 is 0 Å². The predicted octanol–water partition coefficient (Wildman–Crippen LogP) is 12.8. The van der Waals surface area contributed by atoms with Gasteiger partial charge in [0.15, 0.2) is 11.6 Å². The molecule has 260 valence electrons. The van der Waals surface area contributed by atoms with Gasteiger partial charge < -0.3 is 4.57 Å². The second-order valence-electron chi connectivity index (χ2n) is 14.4. The molecule has 0 unspecified atom stereocenters. The number of para-hydroxylation sites is 1. The molecule has 0 bridgehead atoms. The third-order valence-corrected chi connectivity index (χ3v) is 11.3. The van der Waals surface area contributed by atoms with Crippen LogP contribution in [0.25, 0.3) is 111 Å². The first-order valence-corrected chi connectivity index (χ1v) is 19.0. The van der Waals surface area contributed by atoms with Crippen LogP contribution in [0.1, 0.15) is 0 Å². The van der Waals surface area contributed by atoms with Crippen molar-refractivity contribution in [2.45, 2.75) is 0 Å². The van der Waals surface area contributed by atoms with Crippen molar-refractivity contribution in [3.05, 3.63) is 188 Å². The van der Waals surface area contributed by atoms with Crippen LogP contribution in [0.3, 0.4) is 0 Å². The summed E-state index contributed by atoms with van der Waals surface area (Å²) < 4.78 is 4.64. The van der Waals surface area contributed by atoms with Gasteiger partial charge in [-0.15, -0.1) is 0 Å². The molecule has 5 heteroatoms. The van der Waals surface area contributed by atoms with Gasteiger partial charge in [0, 0.05) is 38.1 Å². The van der Waals surface area contributed by atoms with Crippen LogP contribution >= 0.6 is 0 Å². The van der Waals surface area contributed by atoms with Crippen molar-refractivity contribution in [2.24, 2.45) is 0 Å². The zero-order chi connectivity index (χ0) is 36.7. The normalized spacial score (nSPS) is 11.9. The van der Waals surface area contributed by atoms with E-state index in [-0.39, 0.29) is 0 Å². The lowest BCUT2D eigenvalue weighted by molar-refractivity contribution is 0.953. The van der Waals surface area contributed by atoms with Crippen LogP contribution in [-0.2, 0) is 0 Å². The first-order chi connectivity index (χ1) is 27.8. The Labute approximate surface area is 321 Å². The van der Waals surface area contributed by atoms with Gasteiger partial charge in [-0.05, 0) is 63.7 Å². The van der Waals surface area contributed by atoms with Gasteiger partial charge in [0.05, 0.1) is 27.8 Å². The average Bonchev–Trinajstić information content (AvgIpc) is 3.79. The molecule has 56 heavy (non-hydrogen) atoms. The standard InChI is InChI=1S/C51H31N5/c1-3-14-34(15-4-1)49-52-50(35-16-5-2-6-17-35)54-51(53-49)56-43-22-10-9-21-39(43)41-31-36(26-29-44(41)56)37-28-30-46-48-40(37)27-25-33-19-12-24-45(47(33)48)55(46)42-23-11-18-32-13-7-8-20-38(32)42/h1-31H. The largest absolute Gasteiger partial charge is 0.309 e. The molecule has 0 amide bonds. The fourth-order valence-corrected chi connectivity index (χ4v) is 8.86. The molecule has 0 aliphatic heterocycles. The minimum atomic E-state index is 0.588. The number of aromatic nitrogens is 5. The van der Waals surface area contributed by atoms with Crippen LogP contribution < -0.4 is 0 Å². The summed E-state index contributed by atoms with van der Waals surface area (Å²) in [6.07, 6.45) is 0. The van der Waals surface area contributed by atoms with Crippen molar-refractivity contribution >= 4 is 65.2 Å². The summed E-state index contributed by atoms with van der Waals surface area (Å²) in [7, 11) is 0. The van der Waals surface area contributed by atoms with Gasteiger partial charge in [-0.3, -0.25) is 4.57 Å². The second kappa shape index (κ2) is 11.9. The number of benzene rings is 9. The SMILES string of the molecule is c1ccc(-c2nc(-c3ccccc3)nc(-n3c4ccccc4c4cc(-c5ccc6c7c5ccc5cccc(c57)n6-c5cccc6ccccc56)ccc43)n2)cc1. The van der Waals surface area contributed by atoms with Gasteiger partial charge in [-0.1, -0.05) is 152 Å². The van der Waals surface area contributed by atoms with Crippen LogP contribution in [0.15, 0.2) is 188 Å².